The first kappa shape index (κ1) is 34.1. The molecule has 3 amide bonds. The van der Waals surface area contributed by atoms with Crippen LogP contribution in [0.3, 0.4) is 0 Å². The maximum atomic E-state index is 14.7. The molecular weight excluding hydrogens is 634 g/mol. The van der Waals surface area contributed by atoms with Gasteiger partial charge in [-0.3, -0.25) is 14.4 Å². The third-order valence-corrected chi connectivity index (χ3v) is 9.94. The van der Waals surface area contributed by atoms with Crippen LogP contribution in [0.4, 0.5) is 0 Å². The summed E-state index contributed by atoms with van der Waals surface area (Å²) in [5, 5.41) is 14.2. The van der Waals surface area contributed by atoms with Crippen molar-refractivity contribution in [3.05, 3.63) is 113 Å². The number of para-hydroxylation sites is 1. The van der Waals surface area contributed by atoms with E-state index in [2.05, 4.69) is 10.1 Å². The molecule has 4 N–H and O–H groups in total. The highest BCUT2D eigenvalue weighted by atomic mass is 32.2. The molecule has 0 bridgehead atoms. The van der Waals surface area contributed by atoms with Crippen molar-refractivity contribution >= 4 is 38.6 Å². The number of sulfonamides is 1. The molecule has 3 aromatic carbocycles. The van der Waals surface area contributed by atoms with Crippen molar-refractivity contribution in [1.82, 2.24) is 19.3 Å². The number of amides is 3. The van der Waals surface area contributed by atoms with Gasteiger partial charge in [-0.05, 0) is 43.2 Å². The molecule has 0 saturated carbocycles. The van der Waals surface area contributed by atoms with Gasteiger partial charge in [0.25, 0.3) is 11.8 Å². The van der Waals surface area contributed by atoms with Crippen LogP contribution < -0.4 is 5.73 Å². The number of hydrogen-bond donors (Lipinski definition) is 3. The topological polar surface area (TPSA) is 180 Å². The summed E-state index contributed by atoms with van der Waals surface area (Å²) in [7, 11) is -3.20. The molecule has 0 radical (unpaired) electrons. The lowest BCUT2D eigenvalue weighted by Crippen LogP contribution is -2.59. The summed E-state index contributed by atoms with van der Waals surface area (Å²) in [5.74, 6) is -2.94. The van der Waals surface area contributed by atoms with Gasteiger partial charge in [0.1, 0.15) is 12.1 Å². The zero-order valence-corrected chi connectivity index (χ0v) is 27.6. The SMILES string of the molecule is Cc1cc(C)cc(C(=O)N(C)[C@@H](Cc2ccc(-c3ccno3)cc2)C(=O)N([C@@H](Cc2c[nH]c3ccccc23)C(N)=O)S(=O)(=O)CCO)c1. The largest absolute Gasteiger partial charge is 0.395 e. The molecule has 0 saturated heterocycles. The zero-order chi connectivity index (χ0) is 34.6. The number of aryl methyl sites for hydroxylation is 2. The summed E-state index contributed by atoms with van der Waals surface area (Å²) in [4.78, 5) is 46.0. The summed E-state index contributed by atoms with van der Waals surface area (Å²) < 4.78 is 33.3. The zero-order valence-electron chi connectivity index (χ0n) is 26.8. The van der Waals surface area contributed by atoms with Crippen molar-refractivity contribution in [1.29, 1.82) is 0 Å². The van der Waals surface area contributed by atoms with E-state index < -0.39 is 52.2 Å². The van der Waals surface area contributed by atoms with E-state index in [1.54, 1.807) is 60.8 Å². The van der Waals surface area contributed by atoms with Crippen molar-refractivity contribution in [2.75, 3.05) is 19.4 Å². The van der Waals surface area contributed by atoms with Crippen LogP contribution in [0.1, 0.15) is 32.6 Å². The molecular formula is C35H37N5O7S. The average molecular weight is 672 g/mol. The number of fused-ring (bicyclic) bond motifs is 1. The second kappa shape index (κ2) is 14.2. The summed E-state index contributed by atoms with van der Waals surface area (Å²) in [5.41, 5.74) is 10.4. The van der Waals surface area contributed by atoms with Crippen LogP contribution in [0.25, 0.3) is 22.2 Å². The second-order valence-electron chi connectivity index (χ2n) is 11.7. The minimum atomic E-state index is -4.62. The van der Waals surface area contributed by atoms with Crippen molar-refractivity contribution in [2.24, 2.45) is 5.73 Å². The Hall–Kier alpha value is -5.27. The smallest absolute Gasteiger partial charge is 0.259 e. The predicted molar refractivity (Wildman–Crippen MR) is 180 cm³/mol. The Labute approximate surface area is 278 Å². The van der Waals surface area contributed by atoms with Gasteiger partial charge in [0.05, 0.1) is 18.6 Å². The predicted octanol–water partition coefficient (Wildman–Crippen LogP) is 3.37. The number of rotatable bonds is 13. The summed E-state index contributed by atoms with van der Waals surface area (Å²) in [6, 6.07) is 18.1. The van der Waals surface area contributed by atoms with E-state index in [9.17, 15) is 27.9 Å². The molecule has 5 aromatic rings. The van der Waals surface area contributed by atoms with E-state index in [1.165, 1.54) is 18.1 Å². The first-order chi connectivity index (χ1) is 22.9. The van der Waals surface area contributed by atoms with Crippen LogP contribution >= 0.6 is 0 Å². The van der Waals surface area contributed by atoms with Gasteiger partial charge < -0.3 is 25.2 Å². The quantitative estimate of drug-likeness (QED) is 0.170. The van der Waals surface area contributed by atoms with E-state index in [4.69, 9.17) is 10.3 Å². The van der Waals surface area contributed by atoms with Crippen LogP contribution in [0, 0.1) is 13.8 Å². The number of carbonyl (C=O) groups excluding carboxylic acids is 3. The molecule has 0 aliphatic carbocycles. The van der Waals surface area contributed by atoms with Crippen molar-refractivity contribution in [2.45, 2.75) is 38.8 Å². The van der Waals surface area contributed by atoms with Crippen LogP contribution in [0.15, 0.2) is 89.7 Å². The number of nitrogens with zero attached hydrogens (tertiary/aromatic N) is 3. The number of nitrogens with one attached hydrogen (secondary N) is 1. The van der Waals surface area contributed by atoms with Gasteiger partial charge in [-0.2, -0.15) is 0 Å². The fourth-order valence-electron chi connectivity index (χ4n) is 5.88. The Morgan fingerprint density at radius 1 is 0.958 bits per heavy atom. The van der Waals surface area contributed by atoms with E-state index in [1.807, 2.05) is 32.0 Å². The van der Waals surface area contributed by atoms with E-state index in [0.29, 0.717) is 26.8 Å². The van der Waals surface area contributed by atoms with Gasteiger partial charge >= 0.3 is 0 Å². The van der Waals surface area contributed by atoms with Crippen molar-refractivity contribution in [3.8, 4) is 11.3 Å². The number of primary amides is 1. The fraction of sp³-hybridized carbons (Fsp3) is 0.257. The second-order valence-corrected chi connectivity index (χ2v) is 13.7. The Morgan fingerprint density at radius 3 is 2.27 bits per heavy atom. The molecule has 12 nitrogen and oxygen atoms in total. The number of aromatic nitrogens is 2. The number of hydrogen-bond acceptors (Lipinski definition) is 8. The number of H-pyrrole nitrogens is 1. The molecule has 0 aliphatic heterocycles. The highest BCUT2D eigenvalue weighted by molar-refractivity contribution is 7.89. The lowest BCUT2D eigenvalue weighted by Gasteiger charge is -2.35. The first-order valence-corrected chi connectivity index (χ1v) is 16.9. The van der Waals surface area contributed by atoms with Crippen LogP contribution in [-0.2, 0) is 32.5 Å². The molecule has 5 rings (SSSR count). The number of nitrogens with two attached hydrogens (primary N) is 1. The number of carbonyl (C=O) groups is 3. The van der Waals surface area contributed by atoms with Gasteiger partial charge in [0.15, 0.2) is 5.76 Å². The Morgan fingerprint density at radius 2 is 1.65 bits per heavy atom. The third-order valence-electron chi connectivity index (χ3n) is 8.21. The van der Waals surface area contributed by atoms with Crippen molar-refractivity contribution < 1.29 is 32.4 Å². The van der Waals surface area contributed by atoms with Gasteiger partial charge in [0.2, 0.25) is 15.9 Å². The molecule has 48 heavy (non-hydrogen) atoms. The van der Waals surface area contributed by atoms with E-state index >= 15 is 0 Å². The molecule has 250 valence electrons. The Bertz CT molecular complexity index is 2020. The molecule has 13 heteroatoms. The minimum absolute atomic E-state index is 0.105. The minimum Gasteiger partial charge on any atom is -0.395 e. The highest BCUT2D eigenvalue weighted by Crippen LogP contribution is 2.26. The van der Waals surface area contributed by atoms with Gasteiger partial charge in [-0.1, -0.05) is 64.8 Å². The normalized spacial score (nSPS) is 12.8. The average Bonchev–Trinajstić information content (AvgIpc) is 3.73. The van der Waals surface area contributed by atoms with Crippen molar-refractivity contribution in [3.63, 3.8) is 0 Å². The Kier molecular flexibility index (Phi) is 10.1. The number of benzene rings is 3. The maximum absolute atomic E-state index is 14.7. The lowest BCUT2D eigenvalue weighted by molar-refractivity contribution is -0.137. The van der Waals surface area contributed by atoms with Crippen LogP contribution in [-0.4, -0.2) is 82.1 Å². The number of aliphatic hydroxyl groups is 1. The molecule has 0 unspecified atom stereocenters. The van der Waals surface area contributed by atoms with Gasteiger partial charge in [-0.25, -0.2) is 12.7 Å². The summed E-state index contributed by atoms with van der Waals surface area (Å²) in [6.07, 6.45) is 2.80. The fourth-order valence-corrected chi connectivity index (χ4v) is 7.27. The van der Waals surface area contributed by atoms with E-state index in [0.717, 1.165) is 27.6 Å². The van der Waals surface area contributed by atoms with Gasteiger partial charge in [-0.15, -0.1) is 0 Å². The molecule has 2 aromatic heterocycles. The standard InChI is InChI=1S/C35H37N5O7S/c1-22-16-23(2)18-26(17-22)34(43)39(3)31(19-24-8-10-25(11-9-24)32-12-13-38-47-32)35(44)40(48(45,46)15-14-41)30(33(36)42)20-27-21-37-29-7-5-4-6-28(27)29/h4-13,16-18,21,30-31,37,41H,14-15,19-20H2,1-3H3,(H2,36,42)/t30-,31-/m0/s1. The molecule has 0 fully saturated rings. The Balaban J connectivity index is 1.59. The number of likely N-dealkylation sites (N-methyl/N-ethyl adjacent to an activating group) is 1. The molecule has 0 aliphatic rings. The monoisotopic (exact) mass is 671 g/mol. The van der Waals surface area contributed by atoms with Crippen LogP contribution in [0.5, 0.6) is 0 Å². The maximum Gasteiger partial charge on any atom is 0.259 e. The third kappa shape index (κ3) is 7.32. The molecule has 0 spiro atoms. The molecule has 2 atom stereocenters. The van der Waals surface area contributed by atoms with Gasteiger partial charge in [0, 0.05) is 54.2 Å². The first-order valence-electron chi connectivity index (χ1n) is 15.3. The number of aromatic amines is 1. The summed E-state index contributed by atoms with van der Waals surface area (Å²) in [6.45, 7) is 2.87. The highest BCUT2D eigenvalue weighted by Gasteiger charge is 2.43. The van der Waals surface area contributed by atoms with E-state index in [-0.39, 0.29) is 12.8 Å². The molecule has 2 heterocycles. The number of aliphatic hydroxyl groups excluding tert-OH is 1. The lowest BCUT2D eigenvalue weighted by atomic mass is 9.99. The van der Waals surface area contributed by atoms with Crippen LogP contribution in [0.2, 0.25) is 0 Å². The summed E-state index contributed by atoms with van der Waals surface area (Å²) >= 11 is 0.